The van der Waals surface area contributed by atoms with Crippen molar-refractivity contribution in [3.8, 4) is 0 Å². The monoisotopic (exact) mass is 285 g/mol. The Morgan fingerprint density at radius 2 is 2.32 bits per heavy atom. The molecule has 0 aromatic carbocycles. The van der Waals surface area contributed by atoms with Crippen molar-refractivity contribution < 1.29 is 4.74 Å². The molecule has 0 saturated carbocycles. The lowest BCUT2D eigenvalue weighted by Gasteiger charge is -2.12. The minimum absolute atomic E-state index is 0.0158. The van der Waals surface area contributed by atoms with Crippen LogP contribution >= 0.6 is 11.6 Å². The zero-order chi connectivity index (χ0) is 14.4. The van der Waals surface area contributed by atoms with Gasteiger partial charge in [0.25, 0.3) is 5.56 Å². The third kappa shape index (κ3) is 4.69. The fraction of sp³-hybridized carbons (Fsp3) is 0.538. The first-order valence-electron chi connectivity index (χ1n) is 6.16. The Balaban J connectivity index is 2.58. The highest BCUT2D eigenvalue weighted by atomic mass is 35.5. The molecule has 0 atom stereocenters. The molecule has 0 unspecified atom stereocenters. The van der Waals surface area contributed by atoms with Crippen LogP contribution in [0.25, 0.3) is 0 Å². The molecule has 0 aliphatic heterocycles. The molecule has 1 N–H and O–H groups in total. The fourth-order valence-electron chi connectivity index (χ4n) is 1.44. The Bertz CT molecular complexity index is 497. The Morgan fingerprint density at radius 1 is 1.63 bits per heavy atom. The minimum atomic E-state index is -0.287. The predicted molar refractivity (Wildman–Crippen MR) is 78.0 cm³/mol. The van der Waals surface area contributed by atoms with Gasteiger partial charge in [-0.15, -0.1) is 0 Å². The summed E-state index contributed by atoms with van der Waals surface area (Å²) in [6, 6.07) is -0.0158. The number of nitrogens with one attached hydrogen (secondary N) is 1. The van der Waals surface area contributed by atoms with E-state index < -0.39 is 0 Å². The van der Waals surface area contributed by atoms with Crippen molar-refractivity contribution in [3.63, 3.8) is 0 Å². The molecular formula is C13H20ClN3O2. The topological polar surface area (TPSA) is 56.1 Å². The second-order valence-corrected chi connectivity index (χ2v) is 5.03. The minimum Gasteiger partial charge on any atom is -0.380 e. The van der Waals surface area contributed by atoms with Crippen molar-refractivity contribution >= 4 is 17.3 Å². The van der Waals surface area contributed by atoms with E-state index in [9.17, 15) is 4.79 Å². The summed E-state index contributed by atoms with van der Waals surface area (Å²) in [7, 11) is 0. The Kier molecular flexibility index (Phi) is 6.05. The summed E-state index contributed by atoms with van der Waals surface area (Å²) in [6.45, 7) is 11.0. The van der Waals surface area contributed by atoms with E-state index in [2.05, 4.69) is 17.0 Å². The third-order valence-electron chi connectivity index (χ3n) is 2.34. The molecule has 1 rings (SSSR count). The normalized spacial score (nSPS) is 10.8. The molecule has 1 aromatic heterocycles. The van der Waals surface area contributed by atoms with Gasteiger partial charge < -0.3 is 10.1 Å². The van der Waals surface area contributed by atoms with Crippen molar-refractivity contribution in [2.45, 2.75) is 26.8 Å². The van der Waals surface area contributed by atoms with Gasteiger partial charge in [0.2, 0.25) is 0 Å². The van der Waals surface area contributed by atoms with Gasteiger partial charge in [-0.3, -0.25) is 4.79 Å². The number of nitrogens with zero attached hydrogens (tertiary/aromatic N) is 2. The Hall–Kier alpha value is -1.33. The number of ether oxygens (including phenoxy) is 1. The second-order valence-electron chi connectivity index (χ2n) is 4.65. The van der Waals surface area contributed by atoms with Crippen LogP contribution in [0.4, 0.5) is 5.69 Å². The molecule has 0 aliphatic carbocycles. The van der Waals surface area contributed by atoms with E-state index in [1.54, 1.807) is 6.20 Å². The summed E-state index contributed by atoms with van der Waals surface area (Å²) >= 11 is 6.01. The molecule has 0 spiro atoms. The largest absolute Gasteiger partial charge is 0.380 e. The Labute approximate surface area is 118 Å². The summed E-state index contributed by atoms with van der Waals surface area (Å²) in [4.78, 5) is 11.9. The highest BCUT2D eigenvalue weighted by Gasteiger charge is 2.10. The van der Waals surface area contributed by atoms with Crippen LogP contribution in [0.3, 0.4) is 0 Å². The maximum atomic E-state index is 11.9. The van der Waals surface area contributed by atoms with Crippen LogP contribution in [0.2, 0.25) is 5.02 Å². The molecule has 0 aliphatic rings. The first-order valence-corrected chi connectivity index (χ1v) is 6.54. The molecule has 1 aromatic rings. The maximum absolute atomic E-state index is 11.9. The number of hydrogen-bond donors (Lipinski definition) is 1. The van der Waals surface area contributed by atoms with Gasteiger partial charge >= 0.3 is 0 Å². The summed E-state index contributed by atoms with van der Waals surface area (Å²) in [5.74, 6) is 0. The van der Waals surface area contributed by atoms with Crippen LogP contribution in [-0.4, -0.2) is 29.5 Å². The van der Waals surface area contributed by atoms with E-state index >= 15 is 0 Å². The van der Waals surface area contributed by atoms with E-state index in [1.165, 1.54) is 4.68 Å². The van der Waals surface area contributed by atoms with Crippen LogP contribution < -0.4 is 10.9 Å². The standard InChI is InChI=1S/C13H20ClN3O2/c1-9(2)8-19-6-5-15-11-7-16-17(10(3)4)13(18)12(11)14/h7,10,15H,1,5-6,8H2,2-4H3. The van der Waals surface area contributed by atoms with Gasteiger partial charge in [0, 0.05) is 6.54 Å². The first-order chi connectivity index (χ1) is 8.93. The van der Waals surface area contributed by atoms with E-state index in [1.807, 2.05) is 20.8 Å². The van der Waals surface area contributed by atoms with Crippen LogP contribution in [0.15, 0.2) is 23.1 Å². The van der Waals surface area contributed by atoms with Crippen molar-refractivity contribution in [3.05, 3.63) is 33.7 Å². The maximum Gasteiger partial charge on any atom is 0.287 e. The number of aromatic nitrogens is 2. The lowest BCUT2D eigenvalue weighted by Crippen LogP contribution is -2.26. The number of halogens is 1. The second kappa shape index (κ2) is 7.31. The highest BCUT2D eigenvalue weighted by Crippen LogP contribution is 2.15. The van der Waals surface area contributed by atoms with E-state index in [0.29, 0.717) is 25.4 Å². The molecule has 106 valence electrons. The van der Waals surface area contributed by atoms with Gasteiger partial charge in [-0.1, -0.05) is 23.8 Å². The lowest BCUT2D eigenvalue weighted by molar-refractivity contribution is 0.167. The molecule has 6 heteroatoms. The molecule has 0 radical (unpaired) electrons. The van der Waals surface area contributed by atoms with Gasteiger partial charge in [0.05, 0.1) is 31.1 Å². The number of rotatable bonds is 7. The quantitative estimate of drug-likeness (QED) is 0.618. The lowest BCUT2D eigenvalue weighted by atomic mass is 10.4. The smallest absolute Gasteiger partial charge is 0.287 e. The number of anilines is 1. The molecular weight excluding hydrogens is 266 g/mol. The molecule has 5 nitrogen and oxygen atoms in total. The third-order valence-corrected chi connectivity index (χ3v) is 2.71. The van der Waals surface area contributed by atoms with Crippen LogP contribution in [-0.2, 0) is 4.74 Å². The van der Waals surface area contributed by atoms with Crippen LogP contribution in [0.5, 0.6) is 0 Å². The first kappa shape index (κ1) is 15.7. The molecule has 0 bridgehead atoms. The van der Waals surface area contributed by atoms with Crippen molar-refractivity contribution in [2.24, 2.45) is 0 Å². The average Bonchev–Trinajstić information content (AvgIpc) is 2.33. The molecule has 19 heavy (non-hydrogen) atoms. The molecule has 0 fully saturated rings. The summed E-state index contributed by atoms with van der Waals surface area (Å²) in [6.07, 6.45) is 1.56. The van der Waals surface area contributed by atoms with Gasteiger partial charge in [-0.05, 0) is 20.8 Å². The Morgan fingerprint density at radius 3 is 2.89 bits per heavy atom. The van der Waals surface area contributed by atoms with Gasteiger partial charge in [0.15, 0.2) is 0 Å². The molecule has 1 heterocycles. The predicted octanol–water partition coefficient (Wildman–Crippen LogP) is 2.48. The van der Waals surface area contributed by atoms with Crippen molar-refractivity contribution in [1.82, 2.24) is 9.78 Å². The van der Waals surface area contributed by atoms with E-state index in [4.69, 9.17) is 16.3 Å². The highest BCUT2D eigenvalue weighted by molar-refractivity contribution is 6.32. The van der Waals surface area contributed by atoms with Gasteiger partial charge in [-0.2, -0.15) is 5.10 Å². The van der Waals surface area contributed by atoms with Gasteiger partial charge in [-0.25, -0.2) is 4.68 Å². The zero-order valence-corrected chi connectivity index (χ0v) is 12.3. The molecule has 0 amide bonds. The van der Waals surface area contributed by atoms with Crippen molar-refractivity contribution in [2.75, 3.05) is 25.1 Å². The number of hydrogen-bond acceptors (Lipinski definition) is 4. The fourth-order valence-corrected chi connectivity index (χ4v) is 1.64. The summed E-state index contributed by atoms with van der Waals surface area (Å²) < 4.78 is 6.69. The van der Waals surface area contributed by atoms with Gasteiger partial charge in [0.1, 0.15) is 5.02 Å². The SMILES string of the molecule is C=C(C)COCCNc1cnn(C(C)C)c(=O)c1Cl. The van der Waals surface area contributed by atoms with E-state index in [-0.39, 0.29) is 16.6 Å². The van der Waals surface area contributed by atoms with Crippen LogP contribution in [0, 0.1) is 0 Å². The summed E-state index contributed by atoms with van der Waals surface area (Å²) in [5.41, 5.74) is 1.21. The summed E-state index contributed by atoms with van der Waals surface area (Å²) in [5, 5.41) is 7.26. The zero-order valence-electron chi connectivity index (χ0n) is 11.6. The van der Waals surface area contributed by atoms with Crippen molar-refractivity contribution in [1.29, 1.82) is 0 Å². The van der Waals surface area contributed by atoms with E-state index in [0.717, 1.165) is 5.57 Å². The molecule has 0 saturated heterocycles. The van der Waals surface area contributed by atoms with Crippen LogP contribution in [0.1, 0.15) is 26.8 Å². The average molecular weight is 286 g/mol.